The minimum absolute atomic E-state index is 0.162. The monoisotopic (exact) mass is 304 g/mol. The van der Waals surface area contributed by atoms with Crippen LogP contribution in [0.25, 0.3) is 0 Å². The molecule has 0 radical (unpaired) electrons. The molecule has 2 saturated carbocycles. The van der Waals surface area contributed by atoms with E-state index in [0.29, 0.717) is 18.4 Å². The van der Waals surface area contributed by atoms with Crippen molar-refractivity contribution in [1.82, 2.24) is 0 Å². The molecule has 2 aliphatic carbocycles. The van der Waals surface area contributed by atoms with E-state index in [1.807, 2.05) is 6.92 Å². The van der Waals surface area contributed by atoms with Crippen molar-refractivity contribution >= 4 is 9.84 Å². The summed E-state index contributed by atoms with van der Waals surface area (Å²) in [7, 11) is -2.96. The van der Waals surface area contributed by atoms with E-state index >= 15 is 0 Å². The molecule has 4 nitrogen and oxygen atoms in total. The fourth-order valence-corrected chi connectivity index (χ4v) is 4.88. The van der Waals surface area contributed by atoms with Crippen LogP contribution < -0.4 is 0 Å². The quantitative estimate of drug-likeness (QED) is 0.817. The van der Waals surface area contributed by atoms with Crippen LogP contribution in [0.5, 0.6) is 0 Å². The summed E-state index contributed by atoms with van der Waals surface area (Å²) >= 11 is 0. The van der Waals surface area contributed by atoms with Crippen LogP contribution in [0.2, 0.25) is 0 Å². The van der Waals surface area contributed by atoms with E-state index in [1.54, 1.807) is 0 Å². The Labute approximate surface area is 122 Å². The highest BCUT2D eigenvalue weighted by Crippen LogP contribution is 2.38. The van der Waals surface area contributed by atoms with Gasteiger partial charge in [0.15, 0.2) is 0 Å². The molecule has 0 spiro atoms. The number of rotatable bonds is 6. The van der Waals surface area contributed by atoms with Gasteiger partial charge >= 0.3 is 0 Å². The smallest absolute Gasteiger partial charge is 0.150 e. The molecule has 0 aromatic heterocycles. The van der Waals surface area contributed by atoms with E-state index in [-0.39, 0.29) is 17.3 Å². The summed E-state index contributed by atoms with van der Waals surface area (Å²) in [5.74, 6) is 0.717. The fraction of sp³-hybridized carbons (Fsp3) is 1.00. The molecule has 0 amide bonds. The van der Waals surface area contributed by atoms with Gasteiger partial charge in [0.25, 0.3) is 0 Å². The normalized spacial score (nSPS) is 36.4. The Balaban J connectivity index is 1.77. The lowest BCUT2D eigenvalue weighted by Gasteiger charge is -2.38. The van der Waals surface area contributed by atoms with Gasteiger partial charge in [0.1, 0.15) is 9.84 Å². The summed E-state index contributed by atoms with van der Waals surface area (Å²) in [5, 5.41) is 10.1. The molecule has 118 valence electrons. The van der Waals surface area contributed by atoms with E-state index in [1.165, 1.54) is 6.26 Å². The van der Waals surface area contributed by atoms with E-state index < -0.39 is 9.84 Å². The maximum atomic E-state index is 11.7. The van der Waals surface area contributed by atoms with Gasteiger partial charge in [0, 0.05) is 12.9 Å². The van der Waals surface area contributed by atoms with Gasteiger partial charge in [-0.25, -0.2) is 8.42 Å². The van der Waals surface area contributed by atoms with Gasteiger partial charge in [-0.1, -0.05) is 6.42 Å². The molecule has 5 heteroatoms. The molecule has 2 rings (SSSR count). The third-order valence-corrected chi connectivity index (χ3v) is 6.63. The van der Waals surface area contributed by atoms with Crippen LogP contribution in [-0.4, -0.2) is 43.8 Å². The number of ether oxygens (including phenoxy) is 1. The van der Waals surface area contributed by atoms with Crippen LogP contribution >= 0.6 is 0 Å². The van der Waals surface area contributed by atoms with Crippen LogP contribution in [0.15, 0.2) is 0 Å². The average Bonchev–Trinajstić information content (AvgIpc) is 2.35. The lowest BCUT2D eigenvalue weighted by molar-refractivity contribution is -0.0455. The highest BCUT2D eigenvalue weighted by Gasteiger charge is 2.36. The number of aliphatic hydroxyl groups excluding tert-OH is 1. The van der Waals surface area contributed by atoms with Gasteiger partial charge in [-0.3, -0.25) is 0 Å². The van der Waals surface area contributed by atoms with Gasteiger partial charge < -0.3 is 9.84 Å². The molecule has 2 fully saturated rings. The maximum absolute atomic E-state index is 11.7. The first-order valence-electron chi connectivity index (χ1n) is 7.88. The van der Waals surface area contributed by atoms with Gasteiger partial charge in [0.05, 0.1) is 17.5 Å². The van der Waals surface area contributed by atoms with Crippen molar-refractivity contribution in [1.29, 1.82) is 0 Å². The largest absolute Gasteiger partial charge is 0.393 e. The number of aliphatic hydroxyl groups is 1. The molecule has 3 atom stereocenters. The second-order valence-electron chi connectivity index (χ2n) is 6.60. The zero-order chi connectivity index (χ0) is 14.8. The van der Waals surface area contributed by atoms with E-state index in [2.05, 4.69) is 0 Å². The Bertz CT molecular complexity index is 400. The standard InChI is InChI=1S/C15H28O4S/c1-3-19-13-7-11(8-13)9-15(16)12-5-4-6-14(10-12)20(2,17)18/h11-16H,3-10H2,1-2H3. The number of sulfone groups is 1. The molecule has 0 heterocycles. The Morgan fingerprint density at radius 2 is 1.95 bits per heavy atom. The third kappa shape index (κ3) is 4.18. The molecular weight excluding hydrogens is 276 g/mol. The average molecular weight is 304 g/mol. The summed E-state index contributed by atoms with van der Waals surface area (Å²) in [6.07, 6.45) is 7.56. The van der Waals surface area contributed by atoms with Crippen LogP contribution in [0.3, 0.4) is 0 Å². The number of hydrogen-bond donors (Lipinski definition) is 1. The summed E-state index contributed by atoms with van der Waals surface area (Å²) in [6, 6.07) is 0. The molecule has 0 saturated heterocycles. The first-order chi connectivity index (χ1) is 9.40. The third-order valence-electron chi connectivity index (χ3n) is 4.99. The minimum atomic E-state index is -2.96. The van der Waals surface area contributed by atoms with Crippen molar-refractivity contribution in [2.45, 2.75) is 69.3 Å². The van der Waals surface area contributed by atoms with Crippen LogP contribution in [0.1, 0.15) is 51.9 Å². The summed E-state index contributed by atoms with van der Waals surface area (Å²) < 4.78 is 28.9. The first-order valence-corrected chi connectivity index (χ1v) is 9.84. The van der Waals surface area contributed by atoms with Crippen molar-refractivity contribution in [2.24, 2.45) is 11.8 Å². The van der Waals surface area contributed by atoms with Crippen molar-refractivity contribution in [3.63, 3.8) is 0 Å². The molecule has 3 unspecified atom stereocenters. The lowest BCUT2D eigenvalue weighted by atomic mass is 9.74. The molecular formula is C15H28O4S. The maximum Gasteiger partial charge on any atom is 0.150 e. The molecule has 0 aliphatic heterocycles. The van der Waals surface area contributed by atoms with Crippen LogP contribution in [-0.2, 0) is 14.6 Å². The molecule has 2 aliphatic rings. The second kappa shape index (κ2) is 6.75. The van der Waals surface area contributed by atoms with Crippen molar-refractivity contribution in [3.8, 4) is 0 Å². The zero-order valence-corrected chi connectivity index (χ0v) is 13.4. The summed E-state index contributed by atoms with van der Waals surface area (Å²) in [4.78, 5) is 0. The van der Waals surface area contributed by atoms with Gasteiger partial charge in [0.2, 0.25) is 0 Å². The number of hydrogen-bond acceptors (Lipinski definition) is 4. The van der Waals surface area contributed by atoms with Gasteiger partial charge in [-0.05, 0) is 57.3 Å². The predicted molar refractivity (Wildman–Crippen MR) is 79.4 cm³/mol. The van der Waals surface area contributed by atoms with E-state index in [0.717, 1.165) is 45.1 Å². The summed E-state index contributed by atoms with van der Waals surface area (Å²) in [5.41, 5.74) is 0. The Morgan fingerprint density at radius 3 is 2.55 bits per heavy atom. The van der Waals surface area contributed by atoms with E-state index in [9.17, 15) is 13.5 Å². The second-order valence-corrected chi connectivity index (χ2v) is 8.92. The molecule has 1 N–H and O–H groups in total. The van der Waals surface area contributed by atoms with Gasteiger partial charge in [-0.2, -0.15) is 0 Å². The summed E-state index contributed by atoms with van der Waals surface area (Å²) in [6.45, 7) is 2.77. The Hall–Kier alpha value is -0.130. The molecule has 0 bridgehead atoms. The lowest BCUT2D eigenvalue weighted by Crippen LogP contribution is -2.38. The predicted octanol–water partition coefficient (Wildman–Crippen LogP) is 2.16. The van der Waals surface area contributed by atoms with Crippen LogP contribution in [0, 0.1) is 11.8 Å². The SMILES string of the molecule is CCOC1CC(CC(O)C2CCCC(S(C)(=O)=O)C2)C1. The highest BCUT2D eigenvalue weighted by atomic mass is 32.2. The molecule has 20 heavy (non-hydrogen) atoms. The van der Waals surface area contributed by atoms with Gasteiger partial charge in [-0.15, -0.1) is 0 Å². The Kier molecular flexibility index (Phi) is 5.49. The fourth-order valence-electron chi connectivity index (χ4n) is 3.69. The molecule has 0 aromatic carbocycles. The highest BCUT2D eigenvalue weighted by molar-refractivity contribution is 7.91. The van der Waals surface area contributed by atoms with Crippen LogP contribution in [0.4, 0.5) is 0 Å². The van der Waals surface area contributed by atoms with Crippen molar-refractivity contribution < 1.29 is 18.3 Å². The Morgan fingerprint density at radius 1 is 1.25 bits per heavy atom. The first kappa shape index (κ1) is 16.2. The van der Waals surface area contributed by atoms with E-state index in [4.69, 9.17) is 4.74 Å². The topological polar surface area (TPSA) is 63.6 Å². The molecule has 0 aromatic rings. The zero-order valence-electron chi connectivity index (χ0n) is 12.6. The van der Waals surface area contributed by atoms with Crippen molar-refractivity contribution in [3.05, 3.63) is 0 Å². The minimum Gasteiger partial charge on any atom is -0.393 e. The van der Waals surface area contributed by atoms with Crippen molar-refractivity contribution in [2.75, 3.05) is 12.9 Å².